The molecule has 0 bridgehead atoms. The van der Waals surface area contributed by atoms with Gasteiger partial charge < -0.3 is 19.9 Å². The summed E-state index contributed by atoms with van der Waals surface area (Å²) in [6, 6.07) is 7.72. The van der Waals surface area contributed by atoms with E-state index in [4.69, 9.17) is 21.4 Å². The fraction of sp³-hybridized carbons (Fsp3) is 0.500. The van der Waals surface area contributed by atoms with Crippen LogP contribution in [-0.4, -0.2) is 73.1 Å². The number of anilines is 1. The number of benzene rings is 1. The lowest BCUT2D eigenvalue weighted by atomic mass is 9.97. The Morgan fingerprint density at radius 1 is 1.17 bits per heavy atom. The molecule has 3 aliphatic rings. The Balaban J connectivity index is 1.39. The number of piperidine rings is 1. The Kier molecular flexibility index (Phi) is 8.09. The molecule has 1 aromatic carbocycles. The number of likely N-dealkylation sites (tertiary alicyclic amines) is 1. The predicted molar refractivity (Wildman–Crippen MR) is 145 cm³/mol. The molecule has 5 rings (SSSR count). The molecule has 3 heterocycles. The second-order valence-electron chi connectivity index (χ2n) is 10.1. The summed E-state index contributed by atoms with van der Waals surface area (Å²) in [4.78, 5) is 17.6. The molecule has 0 spiro atoms. The van der Waals surface area contributed by atoms with Crippen LogP contribution in [0.2, 0.25) is 5.02 Å². The fourth-order valence-corrected chi connectivity index (χ4v) is 5.39. The molecule has 2 saturated heterocycles. The zero-order chi connectivity index (χ0) is 24.9. The highest BCUT2D eigenvalue weighted by molar-refractivity contribution is 6.30. The third-order valence-corrected chi connectivity index (χ3v) is 7.68. The van der Waals surface area contributed by atoms with E-state index in [1.54, 1.807) is 0 Å². The number of carbonyl (C=O) groups is 1. The lowest BCUT2D eigenvalue weighted by Gasteiger charge is -2.35. The van der Waals surface area contributed by atoms with Crippen LogP contribution >= 0.6 is 11.6 Å². The monoisotopic (exact) mass is 509 g/mol. The lowest BCUT2D eigenvalue weighted by Crippen LogP contribution is -2.50. The molecule has 0 saturated carbocycles. The van der Waals surface area contributed by atoms with Crippen molar-refractivity contribution < 1.29 is 9.53 Å². The van der Waals surface area contributed by atoms with Gasteiger partial charge in [0.15, 0.2) is 5.82 Å². The molecule has 1 aliphatic carbocycles. The quantitative estimate of drug-likeness (QED) is 0.648. The maximum atomic E-state index is 13.0. The molecule has 36 heavy (non-hydrogen) atoms. The van der Waals surface area contributed by atoms with Crippen molar-refractivity contribution in [3.05, 3.63) is 52.0 Å². The average Bonchev–Trinajstić information content (AvgIpc) is 3.21. The van der Waals surface area contributed by atoms with Gasteiger partial charge in [-0.1, -0.05) is 29.8 Å². The van der Waals surface area contributed by atoms with Gasteiger partial charge in [0.25, 0.3) is 0 Å². The first kappa shape index (κ1) is 25.1. The number of nitrogens with zero attached hydrogens (tertiary/aromatic N) is 4. The van der Waals surface area contributed by atoms with Gasteiger partial charge in [-0.3, -0.25) is 4.79 Å². The van der Waals surface area contributed by atoms with Crippen molar-refractivity contribution in [1.29, 1.82) is 0 Å². The summed E-state index contributed by atoms with van der Waals surface area (Å²) < 4.78 is 7.83. The number of aromatic nitrogens is 2. The molecule has 2 aromatic rings. The molecule has 7 nitrogen and oxygen atoms in total. The van der Waals surface area contributed by atoms with Crippen LogP contribution in [0.5, 0.6) is 0 Å². The molecule has 1 N–H and O–H groups in total. The summed E-state index contributed by atoms with van der Waals surface area (Å²) in [5, 5.41) is 11.2. The van der Waals surface area contributed by atoms with Gasteiger partial charge >= 0.3 is 0 Å². The minimum atomic E-state index is -0.0586. The second kappa shape index (κ2) is 11.6. The van der Waals surface area contributed by atoms with Gasteiger partial charge in [-0.05, 0) is 82.1 Å². The fourth-order valence-electron chi connectivity index (χ4n) is 5.27. The van der Waals surface area contributed by atoms with Crippen molar-refractivity contribution in [2.24, 2.45) is 5.92 Å². The topological polar surface area (TPSA) is 62.6 Å². The third kappa shape index (κ3) is 5.85. The van der Waals surface area contributed by atoms with Gasteiger partial charge in [-0.2, -0.15) is 0 Å². The molecule has 8 heteroatoms. The summed E-state index contributed by atoms with van der Waals surface area (Å²) >= 11 is 6.15. The maximum Gasteiger partial charge on any atom is 0.222 e. The van der Waals surface area contributed by atoms with Crippen molar-refractivity contribution >= 4 is 35.5 Å². The number of amides is 1. The first-order chi connectivity index (χ1) is 17.6. The van der Waals surface area contributed by atoms with Gasteiger partial charge in [0.05, 0.1) is 30.3 Å². The molecular weight excluding hydrogens is 474 g/mol. The van der Waals surface area contributed by atoms with Crippen molar-refractivity contribution in [2.75, 3.05) is 51.3 Å². The van der Waals surface area contributed by atoms with E-state index >= 15 is 0 Å². The summed E-state index contributed by atoms with van der Waals surface area (Å²) in [6.45, 7) is 4.81. The number of nitrogens with one attached hydrogen (secondary N) is 1. The zero-order valence-corrected chi connectivity index (χ0v) is 21.8. The van der Waals surface area contributed by atoms with E-state index < -0.39 is 0 Å². The Hall–Kier alpha value is -2.61. The minimum Gasteiger partial charge on any atom is -0.377 e. The van der Waals surface area contributed by atoms with Crippen molar-refractivity contribution in [1.82, 2.24) is 20.0 Å². The van der Waals surface area contributed by atoms with Crippen molar-refractivity contribution in [3.63, 3.8) is 0 Å². The van der Waals surface area contributed by atoms with E-state index in [-0.39, 0.29) is 11.9 Å². The molecule has 1 amide bonds. The summed E-state index contributed by atoms with van der Waals surface area (Å²) in [7, 11) is 2.16. The largest absolute Gasteiger partial charge is 0.377 e. The smallest absolute Gasteiger partial charge is 0.222 e. The molecule has 1 unspecified atom stereocenters. The highest BCUT2D eigenvalue weighted by Gasteiger charge is 2.29. The van der Waals surface area contributed by atoms with Crippen molar-refractivity contribution in [3.8, 4) is 5.69 Å². The Morgan fingerprint density at radius 2 is 1.97 bits per heavy atom. The van der Waals surface area contributed by atoms with Gasteiger partial charge in [0.2, 0.25) is 5.91 Å². The standard InChI is InChI=1S/C28H36ClN5O2/c1-32-14-12-21(13-15-32)19-30-27(35)18-24-20-36-17-16-33(24)28-25-6-4-2-3-5-7-26(25)34(31-28)23-10-8-22(29)9-11-23/h2,4,6-11,21,24H,3,5,12-20H2,1H3,(H,30,35)/b4-2+,25-6+,26-7+. The van der Waals surface area contributed by atoms with Crippen LogP contribution in [0, 0.1) is 5.92 Å². The van der Waals surface area contributed by atoms with E-state index in [2.05, 4.69) is 46.5 Å². The number of allylic oxidation sites excluding steroid dienone is 2. The van der Waals surface area contributed by atoms with Gasteiger partial charge in [0.1, 0.15) is 0 Å². The van der Waals surface area contributed by atoms with Gasteiger partial charge in [-0.25, -0.2) is 4.68 Å². The third-order valence-electron chi connectivity index (χ3n) is 7.43. The van der Waals surface area contributed by atoms with Gasteiger partial charge in [0, 0.05) is 29.8 Å². The molecular formula is C28H36ClN5O2. The molecule has 192 valence electrons. The van der Waals surface area contributed by atoms with Crippen LogP contribution in [0.25, 0.3) is 17.8 Å². The van der Waals surface area contributed by atoms with Crippen LogP contribution in [0.1, 0.15) is 32.1 Å². The second-order valence-corrected chi connectivity index (χ2v) is 10.5. The maximum absolute atomic E-state index is 13.0. The highest BCUT2D eigenvalue weighted by atomic mass is 35.5. The normalized spacial score (nSPS) is 23.9. The SMILES string of the molecule is CN1CCC(CNC(=O)CC2COCCN2c2nn(-c3ccc(Cl)cc3)c3/c2=C\C=C\CC\C=3)CC1. The zero-order valence-electron chi connectivity index (χ0n) is 21.0. The number of carbonyl (C=O) groups excluding carboxylic acids is 1. The summed E-state index contributed by atoms with van der Waals surface area (Å²) in [6.07, 6.45) is 13.3. The number of fused-ring (bicyclic) bond motifs is 1. The average molecular weight is 510 g/mol. The van der Waals surface area contributed by atoms with Crippen LogP contribution in [0.4, 0.5) is 5.82 Å². The Labute approximate surface area is 218 Å². The van der Waals surface area contributed by atoms with Crippen molar-refractivity contribution in [2.45, 2.75) is 38.1 Å². The van der Waals surface area contributed by atoms with E-state index in [1.165, 1.54) is 0 Å². The minimum absolute atomic E-state index is 0.0586. The highest BCUT2D eigenvalue weighted by Crippen LogP contribution is 2.19. The van der Waals surface area contributed by atoms with Gasteiger partial charge in [-0.15, -0.1) is 5.10 Å². The number of halogens is 1. The summed E-state index contributed by atoms with van der Waals surface area (Å²) in [5.74, 6) is 1.56. The number of rotatable bonds is 6. The Bertz CT molecular complexity index is 1200. The molecule has 1 aromatic heterocycles. The Morgan fingerprint density at radius 3 is 2.78 bits per heavy atom. The molecule has 2 aliphatic heterocycles. The lowest BCUT2D eigenvalue weighted by molar-refractivity contribution is -0.122. The molecule has 0 radical (unpaired) electrons. The number of hydrogen-bond acceptors (Lipinski definition) is 5. The van der Waals surface area contributed by atoms with Crippen LogP contribution < -0.4 is 20.8 Å². The molecule has 2 fully saturated rings. The van der Waals surface area contributed by atoms with E-state index in [9.17, 15) is 4.79 Å². The number of morpholine rings is 1. The van der Waals surface area contributed by atoms with E-state index in [0.29, 0.717) is 37.1 Å². The number of hydrogen-bond donors (Lipinski definition) is 1. The van der Waals surface area contributed by atoms with E-state index in [0.717, 1.165) is 67.4 Å². The van der Waals surface area contributed by atoms with Crippen LogP contribution in [0.3, 0.4) is 0 Å². The van der Waals surface area contributed by atoms with E-state index in [1.807, 2.05) is 28.9 Å². The predicted octanol–water partition coefficient (Wildman–Crippen LogP) is 2.49. The van der Waals surface area contributed by atoms with Crippen LogP contribution in [-0.2, 0) is 9.53 Å². The first-order valence-corrected chi connectivity index (χ1v) is 13.5. The summed E-state index contributed by atoms with van der Waals surface area (Å²) in [5.41, 5.74) is 0.969. The van der Waals surface area contributed by atoms with Crippen LogP contribution in [0.15, 0.2) is 36.4 Å². The molecule has 1 atom stereocenters. The first-order valence-electron chi connectivity index (χ1n) is 13.1. The number of ether oxygens (including phenoxy) is 1.